The van der Waals surface area contributed by atoms with Crippen LogP contribution in [0.4, 0.5) is 4.39 Å². The third-order valence-electron chi connectivity index (χ3n) is 3.04. The molecule has 2 aromatic carbocycles. The predicted molar refractivity (Wildman–Crippen MR) is 90.0 cm³/mol. The Balaban J connectivity index is 2.20. The van der Waals surface area contributed by atoms with Crippen LogP contribution in [0.15, 0.2) is 41.5 Å². The molecule has 0 aliphatic carbocycles. The number of halogens is 2. The summed E-state index contributed by atoms with van der Waals surface area (Å²) < 4.78 is 25.0. The molecule has 0 aliphatic rings. The van der Waals surface area contributed by atoms with E-state index < -0.39 is 5.82 Å². The Morgan fingerprint density at radius 1 is 1.22 bits per heavy atom. The van der Waals surface area contributed by atoms with Crippen molar-refractivity contribution in [1.82, 2.24) is 5.43 Å². The molecule has 0 unspecified atom stereocenters. The van der Waals surface area contributed by atoms with E-state index in [1.807, 2.05) is 19.1 Å². The Hall–Kier alpha value is -2.27. The van der Waals surface area contributed by atoms with Crippen molar-refractivity contribution in [3.8, 4) is 11.5 Å². The van der Waals surface area contributed by atoms with E-state index in [1.54, 1.807) is 31.5 Å². The van der Waals surface area contributed by atoms with Gasteiger partial charge in [-0.1, -0.05) is 17.7 Å². The van der Waals surface area contributed by atoms with Crippen LogP contribution in [0, 0.1) is 5.82 Å². The Bertz CT molecular complexity index is 672. The second kappa shape index (κ2) is 8.39. The van der Waals surface area contributed by atoms with E-state index in [2.05, 4.69) is 10.5 Å². The molecule has 23 heavy (non-hydrogen) atoms. The van der Waals surface area contributed by atoms with Crippen LogP contribution in [0.3, 0.4) is 0 Å². The summed E-state index contributed by atoms with van der Waals surface area (Å²) in [5.74, 6) is 0.695. The minimum atomic E-state index is -0.395. The van der Waals surface area contributed by atoms with Crippen LogP contribution >= 0.6 is 11.6 Å². The molecule has 1 N–H and O–H groups in total. The number of rotatable bonds is 7. The van der Waals surface area contributed by atoms with Crippen molar-refractivity contribution in [1.29, 1.82) is 0 Å². The summed E-state index contributed by atoms with van der Waals surface area (Å²) in [7, 11) is 1.72. The highest BCUT2D eigenvalue weighted by atomic mass is 35.5. The summed E-state index contributed by atoms with van der Waals surface area (Å²) >= 11 is 6.00. The lowest BCUT2D eigenvalue weighted by molar-refractivity contribution is 0.266. The first-order valence-corrected chi connectivity index (χ1v) is 7.55. The van der Waals surface area contributed by atoms with Crippen LogP contribution in [0.1, 0.15) is 18.1 Å². The van der Waals surface area contributed by atoms with Gasteiger partial charge in [0, 0.05) is 12.6 Å². The fourth-order valence-electron chi connectivity index (χ4n) is 1.95. The van der Waals surface area contributed by atoms with E-state index in [-0.39, 0.29) is 6.61 Å². The van der Waals surface area contributed by atoms with Crippen LogP contribution in [0.5, 0.6) is 11.5 Å². The summed E-state index contributed by atoms with van der Waals surface area (Å²) in [6.07, 6.45) is 1.67. The highest BCUT2D eigenvalue weighted by molar-refractivity contribution is 6.31. The number of hydrogen-bond donors (Lipinski definition) is 1. The Labute approximate surface area is 139 Å². The zero-order chi connectivity index (χ0) is 16.7. The smallest absolute Gasteiger partial charge is 0.161 e. The van der Waals surface area contributed by atoms with Gasteiger partial charge in [0.05, 0.1) is 17.8 Å². The molecule has 122 valence electrons. The first-order chi connectivity index (χ1) is 11.2. The van der Waals surface area contributed by atoms with Gasteiger partial charge >= 0.3 is 0 Å². The second-order valence-corrected chi connectivity index (χ2v) is 5.02. The van der Waals surface area contributed by atoms with Crippen molar-refractivity contribution in [2.24, 2.45) is 5.10 Å². The maximum absolute atomic E-state index is 13.8. The quantitative estimate of drug-likeness (QED) is 0.613. The van der Waals surface area contributed by atoms with Gasteiger partial charge in [-0.05, 0) is 42.8 Å². The van der Waals surface area contributed by atoms with E-state index in [0.29, 0.717) is 28.7 Å². The van der Waals surface area contributed by atoms with E-state index in [4.69, 9.17) is 21.1 Å². The molecule has 0 radical (unpaired) electrons. The Morgan fingerprint density at radius 2 is 2.04 bits per heavy atom. The number of nitrogens with zero attached hydrogens (tertiary/aromatic N) is 1. The van der Waals surface area contributed by atoms with Crippen molar-refractivity contribution in [3.63, 3.8) is 0 Å². The van der Waals surface area contributed by atoms with Crippen LogP contribution in [0.2, 0.25) is 5.02 Å². The molecular formula is C17H18ClFN2O2. The van der Waals surface area contributed by atoms with Crippen molar-refractivity contribution in [2.45, 2.75) is 13.5 Å². The molecule has 0 fully saturated rings. The third kappa shape index (κ3) is 4.60. The van der Waals surface area contributed by atoms with Crippen molar-refractivity contribution in [3.05, 3.63) is 58.4 Å². The number of nitrogens with one attached hydrogen (secondary N) is 1. The van der Waals surface area contributed by atoms with Gasteiger partial charge in [0.2, 0.25) is 0 Å². The van der Waals surface area contributed by atoms with Crippen LogP contribution in [-0.4, -0.2) is 19.9 Å². The summed E-state index contributed by atoms with van der Waals surface area (Å²) in [6, 6.07) is 9.94. The van der Waals surface area contributed by atoms with E-state index in [1.165, 1.54) is 6.07 Å². The average Bonchev–Trinajstić information content (AvgIpc) is 2.54. The van der Waals surface area contributed by atoms with Crippen molar-refractivity contribution < 1.29 is 13.9 Å². The maximum atomic E-state index is 13.8. The van der Waals surface area contributed by atoms with Gasteiger partial charge < -0.3 is 14.9 Å². The standard InChI is InChI=1S/C17H18ClFN2O2/c1-3-22-17-9-12(10-21-20-2)7-8-16(17)23-11-13-14(18)5-4-6-15(13)19/h4-10,20H,3,11H2,1-2H3/b21-10+. The molecule has 0 bridgehead atoms. The van der Waals surface area contributed by atoms with Crippen molar-refractivity contribution in [2.75, 3.05) is 13.7 Å². The fourth-order valence-corrected chi connectivity index (χ4v) is 2.17. The molecule has 0 saturated carbocycles. The molecule has 0 heterocycles. The Kier molecular flexibility index (Phi) is 6.23. The number of ether oxygens (including phenoxy) is 2. The molecular weight excluding hydrogens is 319 g/mol. The van der Waals surface area contributed by atoms with Gasteiger partial charge in [0.1, 0.15) is 12.4 Å². The normalized spacial score (nSPS) is 10.8. The summed E-state index contributed by atoms with van der Waals surface area (Å²) in [6.45, 7) is 2.39. The largest absolute Gasteiger partial charge is 0.490 e. The van der Waals surface area contributed by atoms with Gasteiger partial charge in [0.25, 0.3) is 0 Å². The molecule has 4 nitrogen and oxygen atoms in total. The SMILES string of the molecule is CCOc1cc(/C=N/NC)ccc1OCc1c(F)cccc1Cl. The summed E-state index contributed by atoms with van der Waals surface area (Å²) in [4.78, 5) is 0. The lowest BCUT2D eigenvalue weighted by Crippen LogP contribution is -2.03. The maximum Gasteiger partial charge on any atom is 0.161 e. The minimum Gasteiger partial charge on any atom is -0.490 e. The predicted octanol–water partition coefficient (Wildman–Crippen LogP) is 4.01. The monoisotopic (exact) mass is 336 g/mol. The lowest BCUT2D eigenvalue weighted by Gasteiger charge is -2.13. The summed E-state index contributed by atoms with van der Waals surface area (Å²) in [5, 5.41) is 4.29. The first-order valence-electron chi connectivity index (χ1n) is 7.18. The van der Waals surface area contributed by atoms with Crippen molar-refractivity contribution >= 4 is 17.8 Å². The van der Waals surface area contributed by atoms with Crippen LogP contribution in [-0.2, 0) is 6.61 Å². The molecule has 2 rings (SSSR count). The molecule has 0 atom stereocenters. The first kappa shape index (κ1) is 17.1. The highest BCUT2D eigenvalue weighted by Crippen LogP contribution is 2.30. The van der Waals surface area contributed by atoms with E-state index in [9.17, 15) is 4.39 Å². The van der Waals surface area contributed by atoms with Gasteiger partial charge in [0.15, 0.2) is 11.5 Å². The fraction of sp³-hybridized carbons (Fsp3) is 0.235. The molecule has 0 spiro atoms. The van der Waals surface area contributed by atoms with Crippen LogP contribution in [0.25, 0.3) is 0 Å². The second-order valence-electron chi connectivity index (χ2n) is 4.61. The van der Waals surface area contributed by atoms with E-state index >= 15 is 0 Å². The minimum absolute atomic E-state index is 0.0233. The zero-order valence-corrected chi connectivity index (χ0v) is 13.7. The van der Waals surface area contributed by atoms with Crippen LogP contribution < -0.4 is 14.9 Å². The zero-order valence-electron chi connectivity index (χ0n) is 13.0. The molecule has 0 aliphatic heterocycles. The lowest BCUT2D eigenvalue weighted by atomic mass is 10.2. The molecule has 0 aromatic heterocycles. The topological polar surface area (TPSA) is 42.8 Å². The molecule has 0 amide bonds. The molecule has 6 heteroatoms. The van der Waals surface area contributed by atoms with Gasteiger partial charge in [-0.25, -0.2) is 4.39 Å². The number of benzene rings is 2. The molecule has 2 aromatic rings. The average molecular weight is 337 g/mol. The summed E-state index contributed by atoms with van der Waals surface area (Å²) in [5.41, 5.74) is 3.86. The molecule has 0 saturated heterocycles. The van der Waals surface area contributed by atoms with Gasteiger partial charge in [-0.2, -0.15) is 5.10 Å². The van der Waals surface area contributed by atoms with Gasteiger partial charge in [-0.3, -0.25) is 0 Å². The number of hydrogen-bond acceptors (Lipinski definition) is 4. The van der Waals surface area contributed by atoms with Gasteiger partial charge in [-0.15, -0.1) is 0 Å². The third-order valence-corrected chi connectivity index (χ3v) is 3.40. The highest BCUT2D eigenvalue weighted by Gasteiger charge is 2.11. The van der Waals surface area contributed by atoms with E-state index in [0.717, 1.165) is 5.56 Å². The Morgan fingerprint density at radius 3 is 2.74 bits per heavy atom. The number of hydrazone groups is 1.